The van der Waals surface area contributed by atoms with Crippen LogP contribution in [0.5, 0.6) is 11.5 Å². The minimum atomic E-state index is -0.497. The van der Waals surface area contributed by atoms with Crippen LogP contribution in [0, 0.1) is 11.8 Å². The number of fused-ring (bicyclic) bond motifs is 2. The first-order chi connectivity index (χ1) is 18.7. The van der Waals surface area contributed by atoms with Gasteiger partial charge in [0.25, 0.3) is 0 Å². The van der Waals surface area contributed by atoms with Crippen molar-refractivity contribution in [2.24, 2.45) is 10.2 Å². The Hall–Kier alpha value is -4.29. The van der Waals surface area contributed by atoms with Crippen molar-refractivity contribution in [1.82, 2.24) is 9.80 Å². The third-order valence-electron chi connectivity index (χ3n) is 6.54. The zero-order valence-electron chi connectivity index (χ0n) is 22.7. The van der Waals surface area contributed by atoms with Crippen LogP contribution in [-0.2, 0) is 4.74 Å². The molecule has 1 amide bonds. The number of hydrogen-bond acceptors (Lipinski definition) is 8. The van der Waals surface area contributed by atoms with Gasteiger partial charge in [0, 0.05) is 50.8 Å². The molecular weight excluding hydrogens is 496 g/mol. The number of piperazine rings is 1. The molecule has 0 bridgehead atoms. The maximum absolute atomic E-state index is 12.3. The van der Waals surface area contributed by atoms with Crippen molar-refractivity contribution in [3.63, 3.8) is 0 Å². The summed E-state index contributed by atoms with van der Waals surface area (Å²) >= 11 is 0. The lowest BCUT2D eigenvalue weighted by Gasteiger charge is -2.35. The second-order valence-electron chi connectivity index (χ2n) is 10.4. The van der Waals surface area contributed by atoms with Gasteiger partial charge in [0.05, 0.1) is 23.9 Å². The number of hydrogen-bond donors (Lipinski definition) is 1. The molecule has 0 unspecified atom stereocenters. The molecular formula is C30H32N4O5. The van der Waals surface area contributed by atoms with Gasteiger partial charge in [-0.25, -0.2) is 4.79 Å². The van der Waals surface area contributed by atoms with Crippen molar-refractivity contribution in [2.45, 2.75) is 32.8 Å². The van der Waals surface area contributed by atoms with Gasteiger partial charge in [-0.05, 0) is 39.0 Å². The Balaban J connectivity index is 1.29. The summed E-state index contributed by atoms with van der Waals surface area (Å²) in [6, 6.07) is 11.2. The predicted octanol–water partition coefficient (Wildman–Crippen LogP) is 6.04. The van der Waals surface area contributed by atoms with E-state index in [4.69, 9.17) is 13.9 Å². The summed E-state index contributed by atoms with van der Waals surface area (Å²) in [6.07, 6.45) is 2.05. The quantitative estimate of drug-likeness (QED) is 0.415. The van der Waals surface area contributed by atoms with Crippen molar-refractivity contribution < 1.29 is 23.8 Å². The van der Waals surface area contributed by atoms with Crippen LogP contribution in [0.25, 0.3) is 22.7 Å². The summed E-state index contributed by atoms with van der Waals surface area (Å²) in [4.78, 5) is 16.3. The SMILES string of the molecule is COc1ccc2c(O)c(C=C3N=Nc4ccccc43)oc2c1C#CCCN1CCN(C(=O)OC(C)(C)C)CC1. The summed E-state index contributed by atoms with van der Waals surface area (Å²) < 4.78 is 17.1. The lowest BCUT2D eigenvalue weighted by atomic mass is 10.1. The molecule has 2 aromatic carbocycles. The van der Waals surface area contributed by atoms with E-state index in [9.17, 15) is 9.90 Å². The summed E-state index contributed by atoms with van der Waals surface area (Å²) in [5, 5.41) is 19.9. The van der Waals surface area contributed by atoms with E-state index >= 15 is 0 Å². The lowest BCUT2D eigenvalue weighted by Crippen LogP contribution is -2.50. The Morgan fingerprint density at radius 3 is 2.64 bits per heavy atom. The van der Waals surface area contributed by atoms with Crippen molar-refractivity contribution in [1.29, 1.82) is 0 Å². The highest BCUT2D eigenvalue weighted by molar-refractivity contribution is 5.96. The average molecular weight is 529 g/mol. The molecule has 1 N–H and O–H groups in total. The highest BCUT2D eigenvalue weighted by Crippen LogP contribution is 2.41. The number of rotatable bonds is 4. The number of azo groups is 1. The fourth-order valence-corrected chi connectivity index (χ4v) is 4.55. The molecule has 202 valence electrons. The summed E-state index contributed by atoms with van der Waals surface area (Å²) in [5.74, 6) is 7.30. The number of amides is 1. The maximum atomic E-state index is 12.3. The number of ether oxygens (including phenoxy) is 2. The topological polar surface area (TPSA) is 100 Å². The number of carbonyl (C=O) groups is 1. The van der Waals surface area contributed by atoms with Crippen molar-refractivity contribution in [2.75, 3.05) is 39.8 Å². The van der Waals surface area contributed by atoms with Crippen molar-refractivity contribution in [3.8, 4) is 23.3 Å². The van der Waals surface area contributed by atoms with Gasteiger partial charge >= 0.3 is 6.09 Å². The van der Waals surface area contributed by atoms with Crippen LogP contribution in [0.2, 0.25) is 0 Å². The smallest absolute Gasteiger partial charge is 0.410 e. The number of carbonyl (C=O) groups excluding carboxylic acids is 1. The Labute approximate surface area is 227 Å². The second kappa shape index (κ2) is 10.8. The minimum Gasteiger partial charge on any atom is -0.504 e. The number of aromatic hydroxyl groups is 1. The van der Waals surface area contributed by atoms with Crippen molar-refractivity contribution >= 4 is 34.5 Å². The zero-order valence-corrected chi connectivity index (χ0v) is 22.7. The number of furan rings is 1. The molecule has 3 aromatic rings. The number of methoxy groups -OCH3 is 1. The summed E-state index contributed by atoms with van der Waals surface area (Å²) in [5.41, 5.74) is 2.81. The Morgan fingerprint density at radius 1 is 1.13 bits per heavy atom. The standard InChI is InChI=1S/C30H32N4O5/c1-30(2,3)39-29(36)34-17-15-33(16-18-34)14-8-7-10-21-25(37-4)13-12-22-27(35)26(38-28(21)22)19-24-20-9-5-6-11-23(20)31-32-24/h5-6,9,11-13,19,35H,8,14-18H2,1-4H3. The molecule has 0 spiro atoms. The molecule has 0 atom stereocenters. The van der Waals surface area contributed by atoms with E-state index in [1.807, 2.05) is 45.0 Å². The molecule has 0 saturated carbocycles. The predicted molar refractivity (Wildman–Crippen MR) is 149 cm³/mol. The summed E-state index contributed by atoms with van der Waals surface area (Å²) in [6.45, 7) is 9.19. The maximum Gasteiger partial charge on any atom is 0.410 e. The van der Waals surface area contributed by atoms with Gasteiger partial charge in [-0.3, -0.25) is 4.90 Å². The first-order valence-electron chi connectivity index (χ1n) is 13.0. The van der Waals surface area contributed by atoms with Crippen LogP contribution < -0.4 is 4.74 Å². The van der Waals surface area contributed by atoms with Crippen LogP contribution in [-0.4, -0.2) is 66.4 Å². The van der Waals surface area contributed by atoms with Crippen LogP contribution >= 0.6 is 0 Å². The first-order valence-corrected chi connectivity index (χ1v) is 13.0. The highest BCUT2D eigenvalue weighted by Gasteiger charge is 2.25. The largest absolute Gasteiger partial charge is 0.504 e. The van der Waals surface area contributed by atoms with Gasteiger partial charge < -0.3 is 23.9 Å². The fourth-order valence-electron chi connectivity index (χ4n) is 4.55. The van der Waals surface area contributed by atoms with Gasteiger partial charge in [0.15, 0.2) is 17.1 Å². The molecule has 2 aliphatic rings. The Morgan fingerprint density at radius 2 is 1.90 bits per heavy atom. The van der Waals surface area contributed by atoms with Gasteiger partial charge in [-0.1, -0.05) is 30.0 Å². The van der Waals surface area contributed by atoms with Gasteiger partial charge in [-0.15, -0.1) is 10.2 Å². The third kappa shape index (κ3) is 5.76. The Kier molecular flexibility index (Phi) is 7.31. The van der Waals surface area contributed by atoms with Gasteiger partial charge in [0.1, 0.15) is 16.9 Å². The number of nitrogens with zero attached hydrogens (tertiary/aromatic N) is 4. The van der Waals surface area contributed by atoms with E-state index < -0.39 is 5.60 Å². The summed E-state index contributed by atoms with van der Waals surface area (Å²) in [7, 11) is 1.58. The van der Waals surface area contributed by atoms with E-state index in [2.05, 4.69) is 27.0 Å². The Bertz CT molecular complexity index is 1510. The molecule has 0 radical (unpaired) electrons. The highest BCUT2D eigenvalue weighted by atomic mass is 16.6. The molecule has 2 aliphatic heterocycles. The zero-order chi connectivity index (χ0) is 27.6. The molecule has 5 rings (SSSR count). The number of benzene rings is 2. The third-order valence-corrected chi connectivity index (χ3v) is 6.54. The molecule has 9 nitrogen and oxygen atoms in total. The molecule has 39 heavy (non-hydrogen) atoms. The van der Waals surface area contributed by atoms with E-state index in [0.29, 0.717) is 47.5 Å². The van der Waals surface area contributed by atoms with Crippen LogP contribution in [0.15, 0.2) is 51.0 Å². The fraction of sp³-hybridized carbons (Fsp3) is 0.367. The minimum absolute atomic E-state index is 0.0191. The molecule has 1 saturated heterocycles. The van der Waals surface area contributed by atoms with E-state index in [1.165, 1.54) is 0 Å². The molecule has 1 aromatic heterocycles. The van der Waals surface area contributed by atoms with E-state index in [1.54, 1.807) is 30.2 Å². The van der Waals surface area contributed by atoms with Gasteiger partial charge in [0.2, 0.25) is 0 Å². The van der Waals surface area contributed by atoms with Crippen LogP contribution in [0.3, 0.4) is 0 Å². The van der Waals surface area contributed by atoms with E-state index in [-0.39, 0.29) is 17.6 Å². The van der Waals surface area contributed by atoms with Crippen molar-refractivity contribution in [3.05, 3.63) is 53.3 Å². The first kappa shape index (κ1) is 26.3. The normalized spacial score (nSPS) is 16.3. The van der Waals surface area contributed by atoms with Crippen LogP contribution in [0.4, 0.5) is 10.5 Å². The second-order valence-corrected chi connectivity index (χ2v) is 10.4. The van der Waals surface area contributed by atoms with E-state index in [0.717, 1.165) is 30.9 Å². The molecule has 3 heterocycles. The van der Waals surface area contributed by atoms with Crippen LogP contribution in [0.1, 0.15) is 44.1 Å². The molecule has 1 fully saturated rings. The average Bonchev–Trinajstić information content (AvgIpc) is 3.47. The molecule has 9 heteroatoms. The lowest BCUT2D eigenvalue weighted by molar-refractivity contribution is 0.0147. The molecule has 0 aliphatic carbocycles. The monoisotopic (exact) mass is 528 g/mol. The van der Waals surface area contributed by atoms with Gasteiger partial charge in [-0.2, -0.15) is 0 Å².